The van der Waals surface area contributed by atoms with E-state index in [-0.39, 0.29) is 5.97 Å². The second kappa shape index (κ2) is 9.79. The van der Waals surface area contributed by atoms with Gasteiger partial charge in [0.05, 0.1) is 11.4 Å². The van der Waals surface area contributed by atoms with Crippen LogP contribution in [0.25, 0.3) is 0 Å². The summed E-state index contributed by atoms with van der Waals surface area (Å²) >= 11 is 0. The molecule has 2 heterocycles. The van der Waals surface area contributed by atoms with Crippen LogP contribution in [0.4, 0.5) is 16.2 Å². The molecule has 158 valence electrons. The molecular formula is C23H26N2O3S2. The van der Waals surface area contributed by atoms with Crippen molar-refractivity contribution in [3.05, 3.63) is 59.7 Å². The van der Waals surface area contributed by atoms with Crippen molar-refractivity contribution in [3.8, 4) is 0 Å². The summed E-state index contributed by atoms with van der Waals surface area (Å²) in [5, 5.41) is 0.732. The summed E-state index contributed by atoms with van der Waals surface area (Å²) in [6, 6.07) is 14.6. The van der Waals surface area contributed by atoms with Crippen LogP contribution in [-0.4, -0.2) is 23.0 Å². The molecule has 1 saturated heterocycles. The Balaban J connectivity index is 1.48. The lowest BCUT2D eigenvalue weighted by Gasteiger charge is -2.23. The van der Waals surface area contributed by atoms with Gasteiger partial charge >= 0.3 is 12.0 Å². The fourth-order valence-electron chi connectivity index (χ4n) is 4.07. The molecule has 0 spiro atoms. The molecule has 2 aromatic carbocycles. The van der Waals surface area contributed by atoms with E-state index in [1.54, 1.807) is 0 Å². The number of rotatable bonds is 6. The molecule has 2 aromatic rings. The van der Waals surface area contributed by atoms with E-state index in [0.29, 0.717) is 18.5 Å². The lowest BCUT2D eigenvalue weighted by molar-refractivity contribution is -0.149. The van der Waals surface area contributed by atoms with Gasteiger partial charge in [-0.2, -0.15) is 0 Å². The number of nitrogens with two attached hydrogens (primary N) is 1. The molecule has 5 nitrogen and oxygen atoms in total. The maximum atomic E-state index is 12.6. The Kier molecular flexibility index (Phi) is 6.89. The lowest BCUT2D eigenvalue weighted by atomic mass is 10.0. The number of nitrogens with zero attached hydrogens (tertiary/aromatic N) is 1. The Morgan fingerprint density at radius 3 is 2.60 bits per heavy atom. The van der Waals surface area contributed by atoms with E-state index in [4.69, 9.17) is 10.5 Å². The van der Waals surface area contributed by atoms with Gasteiger partial charge in [-0.15, -0.1) is 0 Å². The third-order valence-electron chi connectivity index (χ3n) is 5.54. The van der Waals surface area contributed by atoms with Crippen molar-refractivity contribution in [2.45, 2.75) is 49.9 Å². The second-order valence-electron chi connectivity index (χ2n) is 7.62. The fraction of sp³-hybridized carbons (Fsp3) is 0.391. The van der Waals surface area contributed by atoms with Crippen molar-refractivity contribution < 1.29 is 14.3 Å². The Labute approximate surface area is 185 Å². The SMILES string of the molecule is NC(=O)N1c2ccccc2C[C@H](OC(=O)CCCC[C@@H]2CCSS2)c2ccccc21. The predicted molar refractivity (Wildman–Crippen MR) is 124 cm³/mol. The van der Waals surface area contributed by atoms with Crippen LogP contribution in [-0.2, 0) is 16.0 Å². The van der Waals surface area contributed by atoms with Crippen LogP contribution in [0.15, 0.2) is 48.5 Å². The summed E-state index contributed by atoms with van der Waals surface area (Å²) in [5.74, 6) is 1.05. The standard InChI is InChI=1S/C23H26N2O3S2/c24-23(27)25-19-10-4-1-7-16(19)15-21(18-9-3-5-11-20(18)25)28-22(26)12-6-2-8-17-13-14-29-30-17/h1,3-5,7,9-11,17,21H,2,6,8,12-15H2,(H2,24,27)/t17-,21+/m1/s1. The first-order valence-corrected chi connectivity index (χ1v) is 12.8. The third-order valence-corrected chi connectivity index (χ3v) is 8.55. The summed E-state index contributed by atoms with van der Waals surface area (Å²) in [6.07, 6.45) is 4.82. The summed E-state index contributed by atoms with van der Waals surface area (Å²) in [4.78, 5) is 26.4. The number of anilines is 2. The van der Waals surface area contributed by atoms with Gasteiger partial charge in [0, 0.05) is 29.4 Å². The highest BCUT2D eigenvalue weighted by atomic mass is 33.1. The predicted octanol–water partition coefficient (Wildman–Crippen LogP) is 5.76. The van der Waals surface area contributed by atoms with Gasteiger partial charge in [-0.25, -0.2) is 4.79 Å². The molecule has 2 atom stereocenters. The molecule has 0 radical (unpaired) electrons. The highest BCUT2D eigenvalue weighted by Crippen LogP contribution is 2.42. The minimum Gasteiger partial charge on any atom is -0.457 e. The summed E-state index contributed by atoms with van der Waals surface area (Å²) in [5.41, 5.74) is 8.87. The maximum Gasteiger partial charge on any atom is 0.323 e. The van der Waals surface area contributed by atoms with E-state index in [1.165, 1.54) is 17.1 Å². The summed E-state index contributed by atoms with van der Waals surface area (Å²) in [6.45, 7) is 0. The summed E-state index contributed by atoms with van der Waals surface area (Å²) < 4.78 is 5.93. The zero-order valence-electron chi connectivity index (χ0n) is 16.8. The Bertz CT molecular complexity index is 915. The monoisotopic (exact) mass is 442 g/mol. The van der Waals surface area contributed by atoms with Crippen molar-refractivity contribution in [3.63, 3.8) is 0 Å². The average Bonchev–Trinajstić information content (AvgIpc) is 3.21. The molecule has 0 aliphatic carbocycles. The molecule has 4 rings (SSSR count). The van der Waals surface area contributed by atoms with Crippen molar-refractivity contribution in [1.82, 2.24) is 0 Å². The number of ether oxygens (including phenoxy) is 1. The minimum absolute atomic E-state index is 0.187. The van der Waals surface area contributed by atoms with Crippen molar-refractivity contribution in [2.75, 3.05) is 10.7 Å². The molecule has 0 unspecified atom stereocenters. The Morgan fingerprint density at radius 1 is 1.07 bits per heavy atom. The van der Waals surface area contributed by atoms with Crippen molar-refractivity contribution >= 4 is 45.0 Å². The Morgan fingerprint density at radius 2 is 1.83 bits per heavy atom. The fourth-order valence-corrected chi connectivity index (χ4v) is 7.10. The van der Waals surface area contributed by atoms with E-state index in [2.05, 4.69) is 0 Å². The average molecular weight is 443 g/mol. The first kappa shape index (κ1) is 21.1. The quantitative estimate of drug-likeness (QED) is 0.350. The van der Waals surface area contributed by atoms with Crippen LogP contribution in [0.1, 0.15) is 49.3 Å². The number of hydrogen-bond acceptors (Lipinski definition) is 5. The zero-order valence-corrected chi connectivity index (χ0v) is 18.4. The highest BCUT2D eigenvalue weighted by Gasteiger charge is 2.31. The van der Waals surface area contributed by atoms with Crippen molar-refractivity contribution in [1.29, 1.82) is 0 Å². The van der Waals surface area contributed by atoms with Crippen LogP contribution >= 0.6 is 21.6 Å². The van der Waals surface area contributed by atoms with Gasteiger partial charge in [0.25, 0.3) is 0 Å². The van der Waals surface area contributed by atoms with Gasteiger partial charge in [-0.3, -0.25) is 9.69 Å². The molecular weight excluding hydrogens is 416 g/mol. The van der Waals surface area contributed by atoms with E-state index in [1.807, 2.05) is 70.1 Å². The number of para-hydroxylation sites is 2. The lowest BCUT2D eigenvalue weighted by Crippen LogP contribution is -2.32. The molecule has 30 heavy (non-hydrogen) atoms. The number of benzene rings is 2. The number of unbranched alkanes of at least 4 members (excludes halogenated alkanes) is 1. The first-order chi connectivity index (χ1) is 14.6. The van der Waals surface area contributed by atoms with Crippen LogP contribution < -0.4 is 10.6 Å². The third kappa shape index (κ3) is 4.78. The van der Waals surface area contributed by atoms with E-state index in [0.717, 1.165) is 41.3 Å². The number of primary amides is 1. The number of urea groups is 1. The van der Waals surface area contributed by atoms with Gasteiger partial charge in [0.2, 0.25) is 0 Å². The van der Waals surface area contributed by atoms with E-state index < -0.39 is 12.1 Å². The number of fused-ring (bicyclic) bond motifs is 2. The van der Waals surface area contributed by atoms with Crippen LogP contribution in [0.2, 0.25) is 0 Å². The smallest absolute Gasteiger partial charge is 0.323 e. The number of esters is 1. The molecule has 0 aromatic heterocycles. The number of amides is 2. The first-order valence-electron chi connectivity index (χ1n) is 10.4. The number of hydrogen-bond donors (Lipinski definition) is 1. The molecule has 0 saturated carbocycles. The van der Waals surface area contributed by atoms with Gasteiger partial charge in [0.15, 0.2) is 0 Å². The van der Waals surface area contributed by atoms with Crippen molar-refractivity contribution in [2.24, 2.45) is 5.73 Å². The van der Waals surface area contributed by atoms with Gasteiger partial charge in [-0.05, 0) is 37.0 Å². The minimum atomic E-state index is -0.551. The molecule has 1 fully saturated rings. The van der Waals surface area contributed by atoms with Gasteiger partial charge in [0.1, 0.15) is 6.10 Å². The molecule has 2 amide bonds. The topological polar surface area (TPSA) is 72.6 Å². The summed E-state index contributed by atoms with van der Waals surface area (Å²) in [7, 11) is 3.93. The number of carbonyl (C=O) groups excluding carboxylic acids is 2. The van der Waals surface area contributed by atoms with E-state index >= 15 is 0 Å². The van der Waals surface area contributed by atoms with E-state index in [9.17, 15) is 9.59 Å². The molecule has 2 aliphatic rings. The molecule has 0 bridgehead atoms. The highest BCUT2D eigenvalue weighted by molar-refractivity contribution is 8.77. The largest absolute Gasteiger partial charge is 0.457 e. The number of carbonyl (C=O) groups is 2. The van der Waals surface area contributed by atoms with Crippen LogP contribution in [0, 0.1) is 0 Å². The Hall–Kier alpha value is -2.12. The van der Waals surface area contributed by atoms with Gasteiger partial charge in [-0.1, -0.05) is 64.4 Å². The normalized spacial score (nSPS) is 20.2. The molecule has 7 heteroatoms. The van der Waals surface area contributed by atoms with Gasteiger partial charge < -0.3 is 10.5 Å². The molecule has 2 aliphatic heterocycles. The zero-order chi connectivity index (χ0) is 20.9. The second-order valence-corrected chi connectivity index (χ2v) is 10.4. The maximum absolute atomic E-state index is 12.6. The van der Waals surface area contributed by atoms with Crippen LogP contribution in [0.5, 0.6) is 0 Å². The van der Waals surface area contributed by atoms with Crippen LogP contribution in [0.3, 0.4) is 0 Å². The molecule has 2 N–H and O–H groups in total.